The monoisotopic (exact) mass is 443 g/mol. The van der Waals surface area contributed by atoms with E-state index in [1.54, 1.807) is 0 Å². The van der Waals surface area contributed by atoms with E-state index < -0.39 is 0 Å². The molecule has 0 atom stereocenters. The number of nitrogen functional groups attached to an aromatic ring is 1. The second-order valence-corrected chi connectivity index (χ2v) is 9.76. The molecule has 2 aliphatic rings. The van der Waals surface area contributed by atoms with Gasteiger partial charge in [-0.05, 0) is 55.7 Å². The fraction of sp³-hybridized carbons (Fsp3) is 0.400. The Kier molecular flexibility index (Phi) is 4.40. The van der Waals surface area contributed by atoms with Crippen molar-refractivity contribution >= 4 is 22.4 Å². The highest BCUT2D eigenvalue weighted by molar-refractivity contribution is 5.97. The van der Waals surface area contributed by atoms with Crippen LogP contribution in [0.1, 0.15) is 31.7 Å². The van der Waals surface area contributed by atoms with Crippen molar-refractivity contribution < 1.29 is 0 Å². The van der Waals surface area contributed by atoms with Gasteiger partial charge in [0.1, 0.15) is 5.39 Å². The maximum absolute atomic E-state index is 13.5. The lowest BCUT2D eigenvalue weighted by molar-refractivity contribution is 0.386. The SMILES string of the molecule is CN(C)c1cccc(-c2cc(-c3cn(C(C4CC4)C4CC4)c(=O)c4c(N)n[nH]c34)nn2C)c1. The summed E-state index contributed by atoms with van der Waals surface area (Å²) in [5.74, 6) is 1.43. The zero-order chi connectivity index (χ0) is 22.9. The molecule has 8 heteroatoms. The number of hydrogen-bond acceptors (Lipinski definition) is 5. The van der Waals surface area contributed by atoms with Crippen molar-refractivity contribution in [3.63, 3.8) is 0 Å². The Bertz CT molecular complexity index is 1410. The summed E-state index contributed by atoms with van der Waals surface area (Å²) in [5.41, 5.74) is 11.7. The first-order valence-electron chi connectivity index (χ1n) is 11.6. The molecule has 3 heterocycles. The molecule has 33 heavy (non-hydrogen) atoms. The molecule has 0 amide bonds. The molecule has 0 unspecified atom stereocenters. The van der Waals surface area contributed by atoms with Crippen LogP contribution < -0.4 is 16.2 Å². The molecule has 2 aliphatic carbocycles. The molecule has 2 fully saturated rings. The van der Waals surface area contributed by atoms with Gasteiger partial charge in [0.15, 0.2) is 5.82 Å². The fourth-order valence-corrected chi connectivity index (χ4v) is 5.10. The summed E-state index contributed by atoms with van der Waals surface area (Å²) in [6.07, 6.45) is 6.76. The van der Waals surface area contributed by atoms with Gasteiger partial charge < -0.3 is 15.2 Å². The highest BCUT2D eigenvalue weighted by Crippen LogP contribution is 2.52. The standard InChI is InChI=1S/C25H29N7O/c1-30(2)17-6-4-5-16(11-17)20-12-19(29-31(20)3)18-13-32(23(14-7-8-14)15-9-10-15)25(33)21-22(18)27-28-24(21)26/h4-6,11-15,23H,7-10H2,1-3H3,(H3,26,27,28). The van der Waals surface area contributed by atoms with E-state index in [2.05, 4.69) is 45.4 Å². The number of nitrogens with two attached hydrogens (primary N) is 1. The molecule has 6 rings (SSSR count). The lowest BCUT2D eigenvalue weighted by Crippen LogP contribution is -2.27. The Labute approximate surface area is 192 Å². The van der Waals surface area contributed by atoms with Crippen molar-refractivity contribution in [3.05, 3.63) is 46.9 Å². The number of pyridine rings is 1. The third-order valence-corrected chi connectivity index (χ3v) is 7.13. The van der Waals surface area contributed by atoms with Crippen molar-refractivity contribution in [2.45, 2.75) is 31.7 Å². The van der Waals surface area contributed by atoms with Gasteiger partial charge in [-0.25, -0.2) is 0 Å². The van der Waals surface area contributed by atoms with Crippen LogP contribution in [-0.4, -0.2) is 38.6 Å². The predicted octanol–water partition coefficient (Wildman–Crippen LogP) is 3.80. The first kappa shape index (κ1) is 20.1. The van der Waals surface area contributed by atoms with Gasteiger partial charge in [-0.2, -0.15) is 10.2 Å². The van der Waals surface area contributed by atoms with Crippen molar-refractivity contribution in [2.75, 3.05) is 24.7 Å². The summed E-state index contributed by atoms with van der Waals surface area (Å²) in [4.78, 5) is 15.6. The number of H-pyrrole nitrogens is 1. The van der Waals surface area contributed by atoms with Crippen LogP contribution in [0, 0.1) is 11.8 Å². The smallest absolute Gasteiger partial charge is 0.264 e. The predicted molar refractivity (Wildman–Crippen MR) is 131 cm³/mol. The van der Waals surface area contributed by atoms with Crippen LogP contribution in [0.15, 0.2) is 41.3 Å². The maximum atomic E-state index is 13.5. The number of aromatic amines is 1. The lowest BCUT2D eigenvalue weighted by Gasteiger charge is -2.20. The van der Waals surface area contributed by atoms with E-state index in [0.717, 1.165) is 28.2 Å². The molecule has 8 nitrogen and oxygen atoms in total. The van der Waals surface area contributed by atoms with Crippen LogP contribution >= 0.6 is 0 Å². The Morgan fingerprint density at radius 3 is 2.55 bits per heavy atom. The molecule has 1 aromatic carbocycles. The van der Waals surface area contributed by atoms with E-state index in [4.69, 9.17) is 10.8 Å². The first-order chi connectivity index (χ1) is 15.9. The minimum atomic E-state index is -0.0429. The zero-order valence-electron chi connectivity index (χ0n) is 19.2. The third kappa shape index (κ3) is 3.32. The number of benzene rings is 1. The minimum Gasteiger partial charge on any atom is -0.382 e. The lowest BCUT2D eigenvalue weighted by atomic mass is 10.0. The number of hydrogen-bond donors (Lipinski definition) is 2. The van der Waals surface area contributed by atoms with Gasteiger partial charge >= 0.3 is 0 Å². The molecule has 0 radical (unpaired) electrons. The molecule has 0 spiro atoms. The van der Waals surface area contributed by atoms with Crippen LogP contribution in [0.4, 0.5) is 11.5 Å². The van der Waals surface area contributed by atoms with Crippen molar-refractivity contribution in [2.24, 2.45) is 18.9 Å². The van der Waals surface area contributed by atoms with Gasteiger partial charge in [0, 0.05) is 50.2 Å². The number of aryl methyl sites for hydroxylation is 1. The number of anilines is 2. The molecule has 0 saturated heterocycles. The highest BCUT2D eigenvalue weighted by atomic mass is 16.1. The molecule has 3 N–H and O–H groups in total. The van der Waals surface area contributed by atoms with Crippen LogP contribution in [0.2, 0.25) is 0 Å². The van der Waals surface area contributed by atoms with E-state index in [0.29, 0.717) is 22.7 Å². The number of nitrogens with one attached hydrogen (secondary N) is 1. The Balaban J connectivity index is 1.52. The van der Waals surface area contributed by atoms with Crippen molar-refractivity contribution in [3.8, 4) is 22.5 Å². The molecular formula is C25H29N7O. The summed E-state index contributed by atoms with van der Waals surface area (Å²) in [6, 6.07) is 10.7. The van der Waals surface area contributed by atoms with E-state index >= 15 is 0 Å². The number of aromatic nitrogens is 5. The van der Waals surface area contributed by atoms with Crippen molar-refractivity contribution in [1.29, 1.82) is 0 Å². The van der Waals surface area contributed by atoms with Crippen LogP contribution in [0.25, 0.3) is 33.4 Å². The van der Waals surface area contributed by atoms with Crippen LogP contribution in [0.3, 0.4) is 0 Å². The molecule has 0 aliphatic heterocycles. The summed E-state index contributed by atoms with van der Waals surface area (Å²) in [5, 5.41) is 12.5. The Hall–Kier alpha value is -3.55. The summed E-state index contributed by atoms with van der Waals surface area (Å²) in [6.45, 7) is 0. The largest absolute Gasteiger partial charge is 0.382 e. The quantitative estimate of drug-likeness (QED) is 0.472. The topological polar surface area (TPSA) is 97.8 Å². The van der Waals surface area contributed by atoms with E-state index in [-0.39, 0.29) is 17.4 Å². The summed E-state index contributed by atoms with van der Waals surface area (Å²) < 4.78 is 3.84. The van der Waals surface area contributed by atoms with Crippen LogP contribution in [-0.2, 0) is 7.05 Å². The molecule has 0 bridgehead atoms. The Morgan fingerprint density at radius 1 is 1.15 bits per heavy atom. The van der Waals surface area contributed by atoms with E-state index in [1.807, 2.05) is 36.6 Å². The zero-order valence-corrected chi connectivity index (χ0v) is 19.2. The maximum Gasteiger partial charge on any atom is 0.264 e. The third-order valence-electron chi connectivity index (χ3n) is 7.13. The number of rotatable bonds is 6. The van der Waals surface area contributed by atoms with Gasteiger partial charge in [0.25, 0.3) is 5.56 Å². The van der Waals surface area contributed by atoms with Gasteiger partial charge in [-0.15, -0.1) is 0 Å². The van der Waals surface area contributed by atoms with E-state index in [9.17, 15) is 4.79 Å². The summed E-state index contributed by atoms with van der Waals surface area (Å²) >= 11 is 0. The summed E-state index contributed by atoms with van der Waals surface area (Å²) in [7, 11) is 6.02. The second-order valence-electron chi connectivity index (χ2n) is 9.76. The molecular weight excluding hydrogens is 414 g/mol. The number of fused-ring (bicyclic) bond motifs is 1. The molecule has 2 saturated carbocycles. The normalized spacial score (nSPS) is 16.1. The van der Waals surface area contributed by atoms with Crippen molar-refractivity contribution in [1.82, 2.24) is 24.5 Å². The fourth-order valence-electron chi connectivity index (χ4n) is 5.10. The highest BCUT2D eigenvalue weighted by Gasteiger charge is 2.43. The van der Waals surface area contributed by atoms with E-state index in [1.165, 1.54) is 25.7 Å². The number of nitrogens with zero attached hydrogens (tertiary/aromatic N) is 5. The minimum absolute atomic E-state index is 0.0429. The van der Waals surface area contributed by atoms with Gasteiger partial charge in [-0.3, -0.25) is 14.6 Å². The van der Waals surface area contributed by atoms with Crippen LogP contribution in [0.5, 0.6) is 0 Å². The Morgan fingerprint density at radius 2 is 1.88 bits per heavy atom. The van der Waals surface area contributed by atoms with Gasteiger partial charge in [-0.1, -0.05) is 12.1 Å². The molecule has 170 valence electrons. The average molecular weight is 444 g/mol. The first-order valence-corrected chi connectivity index (χ1v) is 11.6. The molecule has 4 aromatic rings. The van der Waals surface area contributed by atoms with Gasteiger partial charge in [0.05, 0.1) is 16.9 Å². The second kappa shape index (κ2) is 7.23. The average Bonchev–Trinajstić information content (AvgIpc) is 3.73. The van der Waals surface area contributed by atoms with Gasteiger partial charge in [0.2, 0.25) is 0 Å². The molecule has 3 aromatic heterocycles.